The third kappa shape index (κ3) is 5.23. The highest BCUT2D eigenvalue weighted by atomic mass is 79.9. The van der Waals surface area contributed by atoms with Gasteiger partial charge in [-0.05, 0) is 36.6 Å². The van der Waals surface area contributed by atoms with Crippen molar-refractivity contribution in [1.29, 1.82) is 0 Å². The number of hydrogen-bond acceptors (Lipinski definition) is 1. The van der Waals surface area contributed by atoms with Crippen molar-refractivity contribution < 1.29 is 4.79 Å². The van der Waals surface area contributed by atoms with E-state index >= 15 is 0 Å². The van der Waals surface area contributed by atoms with Crippen LogP contribution >= 0.6 is 15.9 Å². The molecule has 2 rings (SSSR count). The first-order chi connectivity index (χ1) is 10.1. The van der Waals surface area contributed by atoms with Crippen LogP contribution < -0.4 is 10.6 Å². The molecule has 0 aromatic heterocycles. The van der Waals surface area contributed by atoms with Crippen LogP contribution in [0.3, 0.4) is 0 Å². The molecule has 2 N–H and O–H groups in total. The molecule has 0 saturated heterocycles. The summed E-state index contributed by atoms with van der Waals surface area (Å²) in [5.41, 5.74) is 2.30. The monoisotopic (exact) mass is 346 g/mol. The van der Waals surface area contributed by atoms with Gasteiger partial charge in [0.15, 0.2) is 0 Å². The molecule has 0 spiro atoms. The minimum Gasteiger partial charge on any atom is -0.338 e. The molecular weight excluding hydrogens is 328 g/mol. The van der Waals surface area contributed by atoms with E-state index in [1.54, 1.807) is 0 Å². The van der Waals surface area contributed by atoms with E-state index in [4.69, 9.17) is 0 Å². The van der Waals surface area contributed by atoms with Gasteiger partial charge in [0.1, 0.15) is 0 Å². The van der Waals surface area contributed by atoms with Gasteiger partial charge >= 0.3 is 6.03 Å². The van der Waals surface area contributed by atoms with Crippen molar-refractivity contribution in [3.05, 3.63) is 70.2 Å². The van der Waals surface area contributed by atoms with Gasteiger partial charge in [-0.25, -0.2) is 4.79 Å². The summed E-state index contributed by atoms with van der Waals surface area (Å²) in [7, 11) is 0. The third-order valence-corrected chi connectivity index (χ3v) is 3.79. The zero-order valence-corrected chi connectivity index (χ0v) is 13.6. The summed E-state index contributed by atoms with van der Waals surface area (Å²) in [6.07, 6.45) is 0.834. The van der Waals surface area contributed by atoms with Gasteiger partial charge < -0.3 is 10.6 Å². The van der Waals surface area contributed by atoms with E-state index in [9.17, 15) is 4.79 Å². The minimum absolute atomic E-state index is 0.0187. The smallest absolute Gasteiger partial charge is 0.315 e. The molecular formula is C17H19BrN2O. The van der Waals surface area contributed by atoms with Crippen LogP contribution in [0, 0.1) is 0 Å². The fraction of sp³-hybridized carbons (Fsp3) is 0.235. The Hall–Kier alpha value is -1.81. The highest BCUT2D eigenvalue weighted by molar-refractivity contribution is 9.10. The lowest BCUT2D eigenvalue weighted by Gasteiger charge is -2.15. The number of carbonyl (C=O) groups excluding carboxylic acids is 1. The third-order valence-electron chi connectivity index (χ3n) is 3.26. The minimum atomic E-state index is -0.138. The second-order valence-electron chi connectivity index (χ2n) is 4.91. The van der Waals surface area contributed by atoms with E-state index in [-0.39, 0.29) is 12.1 Å². The van der Waals surface area contributed by atoms with Gasteiger partial charge in [0.05, 0.1) is 6.04 Å². The number of halogens is 1. The number of amides is 2. The standard InChI is InChI=1S/C17H19BrN2O/c1-13(15-7-9-16(18)10-8-15)20-17(21)19-12-11-14-5-3-2-4-6-14/h2-10,13H,11-12H2,1H3,(H2,19,20,21). The van der Waals surface area contributed by atoms with Gasteiger partial charge in [0, 0.05) is 11.0 Å². The first kappa shape index (κ1) is 15.6. The van der Waals surface area contributed by atoms with Crippen molar-refractivity contribution in [3.63, 3.8) is 0 Å². The van der Waals surface area contributed by atoms with E-state index in [0.29, 0.717) is 6.54 Å². The highest BCUT2D eigenvalue weighted by Gasteiger charge is 2.08. The van der Waals surface area contributed by atoms with E-state index < -0.39 is 0 Å². The Bertz CT molecular complexity index is 569. The van der Waals surface area contributed by atoms with Crippen LogP contribution in [0.2, 0.25) is 0 Å². The van der Waals surface area contributed by atoms with Crippen LogP contribution in [-0.4, -0.2) is 12.6 Å². The quantitative estimate of drug-likeness (QED) is 0.842. The molecule has 21 heavy (non-hydrogen) atoms. The molecule has 4 heteroatoms. The van der Waals surface area contributed by atoms with Crippen LogP contribution in [0.25, 0.3) is 0 Å². The Labute approximate surface area is 133 Å². The van der Waals surface area contributed by atoms with E-state index in [1.807, 2.05) is 49.4 Å². The second-order valence-corrected chi connectivity index (χ2v) is 5.82. The zero-order valence-electron chi connectivity index (χ0n) is 12.0. The average molecular weight is 347 g/mol. The maximum atomic E-state index is 11.9. The van der Waals surface area contributed by atoms with Crippen molar-refractivity contribution >= 4 is 22.0 Å². The zero-order chi connectivity index (χ0) is 15.1. The van der Waals surface area contributed by atoms with Crippen LogP contribution in [0.4, 0.5) is 4.79 Å². The van der Waals surface area contributed by atoms with Crippen LogP contribution in [-0.2, 0) is 6.42 Å². The highest BCUT2D eigenvalue weighted by Crippen LogP contribution is 2.16. The van der Waals surface area contributed by atoms with Gasteiger partial charge in [-0.2, -0.15) is 0 Å². The maximum absolute atomic E-state index is 11.9. The Morgan fingerprint density at radius 2 is 1.76 bits per heavy atom. The van der Waals surface area contributed by atoms with Crippen LogP contribution in [0.15, 0.2) is 59.1 Å². The maximum Gasteiger partial charge on any atom is 0.315 e. The summed E-state index contributed by atoms with van der Waals surface area (Å²) in [6, 6.07) is 17.9. The molecule has 2 aromatic rings. The predicted octanol–water partition coefficient (Wildman–Crippen LogP) is 4.05. The van der Waals surface area contributed by atoms with Crippen molar-refractivity contribution in [1.82, 2.24) is 10.6 Å². The summed E-state index contributed by atoms with van der Waals surface area (Å²) in [5, 5.41) is 5.82. The summed E-state index contributed by atoms with van der Waals surface area (Å²) in [6.45, 7) is 2.60. The first-order valence-electron chi connectivity index (χ1n) is 6.99. The molecule has 2 amide bonds. The van der Waals surface area contributed by atoms with Gasteiger partial charge in [0.2, 0.25) is 0 Å². The predicted molar refractivity (Wildman–Crippen MR) is 89.2 cm³/mol. The van der Waals surface area contributed by atoms with Crippen molar-refractivity contribution in [2.75, 3.05) is 6.54 Å². The molecule has 0 aliphatic heterocycles. The van der Waals surface area contributed by atoms with Gasteiger partial charge in [-0.3, -0.25) is 0 Å². The van der Waals surface area contributed by atoms with Gasteiger partial charge in [0.25, 0.3) is 0 Å². The molecule has 3 nitrogen and oxygen atoms in total. The van der Waals surface area contributed by atoms with Gasteiger partial charge in [-0.15, -0.1) is 0 Å². The summed E-state index contributed by atoms with van der Waals surface area (Å²) in [5.74, 6) is 0. The second kappa shape index (κ2) is 7.84. The topological polar surface area (TPSA) is 41.1 Å². The molecule has 2 aromatic carbocycles. The largest absolute Gasteiger partial charge is 0.338 e. The molecule has 0 radical (unpaired) electrons. The number of nitrogens with one attached hydrogen (secondary N) is 2. The van der Waals surface area contributed by atoms with Crippen molar-refractivity contribution in [2.45, 2.75) is 19.4 Å². The molecule has 0 aliphatic carbocycles. The molecule has 0 aliphatic rings. The number of urea groups is 1. The van der Waals surface area contributed by atoms with Crippen LogP contribution in [0.5, 0.6) is 0 Å². The summed E-state index contributed by atoms with van der Waals surface area (Å²) >= 11 is 3.40. The Morgan fingerprint density at radius 1 is 1.10 bits per heavy atom. The lowest BCUT2D eigenvalue weighted by atomic mass is 10.1. The van der Waals surface area contributed by atoms with E-state index in [0.717, 1.165) is 16.5 Å². The molecule has 0 saturated carbocycles. The van der Waals surface area contributed by atoms with E-state index in [2.05, 4.69) is 38.7 Å². The molecule has 0 heterocycles. The first-order valence-corrected chi connectivity index (χ1v) is 7.78. The number of carbonyl (C=O) groups is 1. The molecule has 0 bridgehead atoms. The van der Waals surface area contributed by atoms with E-state index in [1.165, 1.54) is 5.56 Å². The normalized spacial score (nSPS) is 11.7. The Kier molecular flexibility index (Phi) is 5.81. The Balaban J connectivity index is 1.75. The number of benzene rings is 2. The van der Waals surface area contributed by atoms with Crippen LogP contribution in [0.1, 0.15) is 24.1 Å². The number of hydrogen-bond donors (Lipinski definition) is 2. The van der Waals surface area contributed by atoms with Crippen molar-refractivity contribution in [3.8, 4) is 0 Å². The molecule has 0 fully saturated rings. The SMILES string of the molecule is CC(NC(=O)NCCc1ccccc1)c1ccc(Br)cc1. The fourth-order valence-electron chi connectivity index (χ4n) is 2.05. The fourth-order valence-corrected chi connectivity index (χ4v) is 2.31. The summed E-state index contributed by atoms with van der Waals surface area (Å²) < 4.78 is 1.03. The van der Waals surface area contributed by atoms with Gasteiger partial charge in [-0.1, -0.05) is 58.4 Å². The molecule has 1 unspecified atom stereocenters. The summed E-state index contributed by atoms with van der Waals surface area (Å²) in [4.78, 5) is 11.9. The number of rotatable bonds is 5. The van der Waals surface area contributed by atoms with Crippen molar-refractivity contribution in [2.24, 2.45) is 0 Å². The lowest BCUT2D eigenvalue weighted by Crippen LogP contribution is -2.38. The molecule has 110 valence electrons. The lowest BCUT2D eigenvalue weighted by molar-refractivity contribution is 0.238. The average Bonchev–Trinajstić information content (AvgIpc) is 2.49. The molecule has 1 atom stereocenters. The Morgan fingerprint density at radius 3 is 2.43 bits per heavy atom.